The molecular weight excluding hydrogens is 328 g/mol. The minimum absolute atomic E-state index is 0.0977. The van der Waals surface area contributed by atoms with Crippen LogP contribution >= 0.6 is 28.1 Å². The number of amides is 1. The van der Waals surface area contributed by atoms with Crippen LogP contribution in [0.3, 0.4) is 0 Å². The molecule has 2 rings (SSSR count). The van der Waals surface area contributed by atoms with Gasteiger partial charge in [-0.25, -0.2) is 0 Å². The zero-order valence-electron chi connectivity index (χ0n) is 10.8. The molecule has 0 N–H and O–H groups in total. The van der Waals surface area contributed by atoms with Gasteiger partial charge in [-0.1, -0.05) is 6.07 Å². The first-order chi connectivity index (χ1) is 8.95. The van der Waals surface area contributed by atoms with E-state index in [2.05, 4.69) is 15.9 Å². The zero-order valence-corrected chi connectivity index (χ0v) is 13.2. The molecule has 6 heteroatoms. The van der Waals surface area contributed by atoms with Crippen molar-refractivity contribution in [2.45, 2.75) is 0 Å². The van der Waals surface area contributed by atoms with Gasteiger partial charge in [0.25, 0.3) is 5.91 Å². The van der Waals surface area contributed by atoms with E-state index in [1.807, 2.05) is 24.3 Å². The molecule has 0 aliphatic carbocycles. The molecule has 0 aromatic heterocycles. The summed E-state index contributed by atoms with van der Waals surface area (Å²) < 4.78 is 6.01. The van der Waals surface area contributed by atoms with E-state index in [0.29, 0.717) is 10.8 Å². The van der Waals surface area contributed by atoms with Gasteiger partial charge in [0.2, 0.25) is 0 Å². The van der Waals surface area contributed by atoms with Gasteiger partial charge in [-0.2, -0.15) is 0 Å². The van der Waals surface area contributed by atoms with E-state index in [1.54, 1.807) is 26.1 Å². The molecule has 0 saturated carbocycles. The Bertz CT molecular complexity index is 586. The Labute approximate surface area is 125 Å². The van der Waals surface area contributed by atoms with Gasteiger partial charge < -0.3 is 9.64 Å². The summed E-state index contributed by atoms with van der Waals surface area (Å²) >= 11 is 8.58. The van der Waals surface area contributed by atoms with Crippen LogP contribution in [0.5, 0.6) is 5.75 Å². The summed E-state index contributed by atoms with van der Waals surface area (Å²) in [6.45, 7) is 0. The third-order valence-corrected chi connectivity index (χ3v) is 4.11. The van der Waals surface area contributed by atoms with Crippen LogP contribution in [0.1, 0.15) is 5.56 Å². The summed E-state index contributed by atoms with van der Waals surface area (Å²) in [6.07, 6.45) is 1.81. The Morgan fingerprint density at radius 1 is 1.32 bits per heavy atom. The van der Waals surface area contributed by atoms with Crippen molar-refractivity contribution in [1.29, 1.82) is 0 Å². The molecule has 1 heterocycles. The second kappa shape index (κ2) is 5.30. The molecule has 0 radical (unpaired) electrons. The van der Waals surface area contributed by atoms with Gasteiger partial charge in [0, 0.05) is 14.1 Å². The number of likely N-dealkylation sites (N-methyl/N-ethyl adjacent to an activating group) is 2. The monoisotopic (exact) mass is 340 g/mol. The normalized spacial score (nSPS) is 17.6. The SMILES string of the molecule is COc1ccc(/C=C2\C(=O)N(C)C(=S)N2C)cc1Br. The third kappa shape index (κ3) is 2.50. The van der Waals surface area contributed by atoms with E-state index >= 15 is 0 Å². The van der Waals surface area contributed by atoms with Gasteiger partial charge in [0.05, 0.1) is 11.6 Å². The number of rotatable bonds is 2. The Morgan fingerprint density at radius 2 is 2.00 bits per heavy atom. The van der Waals surface area contributed by atoms with Gasteiger partial charge in [0.15, 0.2) is 5.11 Å². The number of methoxy groups -OCH3 is 1. The molecule has 1 aliphatic heterocycles. The van der Waals surface area contributed by atoms with Crippen LogP contribution in [-0.4, -0.2) is 42.0 Å². The number of benzene rings is 1. The highest BCUT2D eigenvalue weighted by molar-refractivity contribution is 9.10. The standard InChI is InChI=1S/C13H13BrN2O2S/c1-15-10(12(17)16(2)13(15)19)7-8-4-5-11(18-3)9(14)6-8/h4-7H,1-3H3/b10-7+. The number of carbonyl (C=O) groups is 1. The number of carbonyl (C=O) groups excluding carboxylic acids is 1. The Morgan fingerprint density at radius 3 is 2.47 bits per heavy atom. The summed E-state index contributed by atoms with van der Waals surface area (Å²) in [5.74, 6) is 0.653. The van der Waals surface area contributed by atoms with E-state index in [0.717, 1.165) is 15.8 Å². The maximum atomic E-state index is 12.0. The Hall–Kier alpha value is -1.40. The van der Waals surface area contributed by atoms with E-state index in [9.17, 15) is 4.79 Å². The smallest absolute Gasteiger partial charge is 0.276 e. The van der Waals surface area contributed by atoms with Crippen LogP contribution < -0.4 is 4.74 Å². The highest BCUT2D eigenvalue weighted by atomic mass is 79.9. The number of nitrogens with zero attached hydrogens (tertiary/aromatic N) is 2. The van der Waals surface area contributed by atoms with Crippen molar-refractivity contribution in [3.63, 3.8) is 0 Å². The molecule has 0 unspecified atom stereocenters. The molecule has 1 aliphatic rings. The van der Waals surface area contributed by atoms with Gasteiger partial charge in [-0.3, -0.25) is 9.69 Å². The number of hydrogen-bond acceptors (Lipinski definition) is 3. The molecule has 1 aromatic carbocycles. The van der Waals surface area contributed by atoms with Crippen molar-refractivity contribution in [2.24, 2.45) is 0 Å². The highest BCUT2D eigenvalue weighted by Gasteiger charge is 2.32. The number of thiocarbonyl (C=S) groups is 1. The van der Waals surface area contributed by atoms with Crippen molar-refractivity contribution >= 4 is 45.2 Å². The first kappa shape index (κ1) is 14.0. The average molecular weight is 341 g/mol. The molecule has 0 atom stereocenters. The zero-order chi connectivity index (χ0) is 14.2. The lowest BCUT2D eigenvalue weighted by Crippen LogP contribution is -2.26. The molecule has 1 saturated heterocycles. The van der Waals surface area contributed by atoms with Gasteiger partial charge in [0.1, 0.15) is 11.4 Å². The fourth-order valence-corrected chi connectivity index (χ4v) is 2.56. The van der Waals surface area contributed by atoms with Crippen LogP contribution in [0.25, 0.3) is 6.08 Å². The number of ether oxygens (including phenoxy) is 1. The summed E-state index contributed by atoms with van der Waals surface area (Å²) in [7, 11) is 5.07. The number of hydrogen-bond donors (Lipinski definition) is 0. The topological polar surface area (TPSA) is 32.8 Å². The molecule has 1 fully saturated rings. The summed E-state index contributed by atoms with van der Waals surface area (Å²) in [5.41, 5.74) is 1.46. The van der Waals surface area contributed by atoms with Crippen molar-refractivity contribution in [3.05, 3.63) is 33.9 Å². The fraction of sp³-hybridized carbons (Fsp3) is 0.231. The second-order valence-electron chi connectivity index (χ2n) is 4.13. The third-order valence-electron chi connectivity index (χ3n) is 2.94. The van der Waals surface area contributed by atoms with Crippen LogP contribution in [0, 0.1) is 0 Å². The average Bonchev–Trinajstić information content (AvgIpc) is 2.57. The van der Waals surface area contributed by atoms with Crippen molar-refractivity contribution in [3.8, 4) is 5.75 Å². The summed E-state index contributed by atoms with van der Waals surface area (Å²) in [5, 5.41) is 0.504. The highest BCUT2D eigenvalue weighted by Crippen LogP contribution is 2.28. The molecular formula is C13H13BrN2O2S. The molecule has 4 nitrogen and oxygen atoms in total. The molecule has 1 amide bonds. The quantitative estimate of drug-likeness (QED) is 0.611. The van der Waals surface area contributed by atoms with Crippen LogP contribution in [-0.2, 0) is 4.79 Å². The van der Waals surface area contributed by atoms with Crippen molar-refractivity contribution < 1.29 is 9.53 Å². The Kier molecular flexibility index (Phi) is 3.91. The first-order valence-electron chi connectivity index (χ1n) is 5.56. The number of halogens is 1. The lowest BCUT2D eigenvalue weighted by atomic mass is 10.2. The summed E-state index contributed by atoms with van der Waals surface area (Å²) in [6, 6.07) is 5.63. The maximum absolute atomic E-state index is 12.0. The van der Waals surface area contributed by atoms with Gasteiger partial charge in [-0.15, -0.1) is 0 Å². The van der Waals surface area contributed by atoms with Gasteiger partial charge in [-0.05, 0) is 51.9 Å². The van der Waals surface area contributed by atoms with E-state index < -0.39 is 0 Å². The largest absolute Gasteiger partial charge is 0.496 e. The molecule has 1 aromatic rings. The fourth-order valence-electron chi connectivity index (χ4n) is 1.82. The molecule has 19 heavy (non-hydrogen) atoms. The van der Waals surface area contributed by atoms with E-state index in [-0.39, 0.29) is 5.91 Å². The molecule has 0 spiro atoms. The van der Waals surface area contributed by atoms with Gasteiger partial charge >= 0.3 is 0 Å². The van der Waals surface area contributed by atoms with Crippen molar-refractivity contribution in [1.82, 2.24) is 9.80 Å². The first-order valence-corrected chi connectivity index (χ1v) is 6.77. The molecule has 100 valence electrons. The minimum Gasteiger partial charge on any atom is -0.496 e. The van der Waals surface area contributed by atoms with Crippen molar-refractivity contribution in [2.75, 3.05) is 21.2 Å². The lowest BCUT2D eigenvalue weighted by molar-refractivity contribution is -0.121. The minimum atomic E-state index is -0.0977. The summed E-state index contributed by atoms with van der Waals surface area (Å²) in [4.78, 5) is 15.2. The van der Waals surface area contributed by atoms with Crippen LogP contribution in [0.4, 0.5) is 0 Å². The van der Waals surface area contributed by atoms with Crippen LogP contribution in [0.2, 0.25) is 0 Å². The molecule has 0 bridgehead atoms. The van der Waals surface area contributed by atoms with E-state index in [1.165, 1.54) is 4.90 Å². The van der Waals surface area contributed by atoms with Crippen LogP contribution in [0.15, 0.2) is 28.4 Å². The maximum Gasteiger partial charge on any atom is 0.276 e. The lowest BCUT2D eigenvalue weighted by Gasteiger charge is -2.11. The second-order valence-corrected chi connectivity index (χ2v) is 5.35. The Balaban J connectivity index is 2.39. The van der Waals surface area contributed by atoms with E-state index in [4.69, 9.17) is 17.0 Å². The predicted molar refractivity (Wildman–Crippen MR) is 81.8 cm³/mol. The predicted octanol–water partition coefficient (Wildman–Crippen LogP) is 2.49.